The summed E-state index contributed by atoms with van der Waals surface area (Å²) in [5.41, 5.74) is 2.29. The average Bonchev–Trinajstić information content (AvgIpc) is 2.90. The highest BCUT2D eigenvalue weighted by Crippen LogP contribution is 2.32. The molecule has 28 heavy (non-hydrogen) atoms. The van der Waals surface area contributed by atoms with Gasteiger partial charge in [0.15, 0.2) is 0 Å². The number of thioether (sulfide) groups is 1. The van der Waals surface area contributed by atoms with Gasteiger partial charge in [-0.1, -0.05) is 68.0 Å². The molecule has 0 aromatic heterocycles. The number of benzene rings is 1. The quantitative estimate of drug-likeness (QED) is 0.501. The molecule has 6 heteroatoms. The Morgan fingerprint density at radius 2 is 1.82 bits per heavy atom. The summed E-state index contributed by atoms with van der Waals surface area (Å²) in [7, 11) is 0. The lowest BCUT2D eigenvalue weighted by Crippen LogP contribution is -2.33. The van der Waals surface area contributed by atoms with Gasteiger partial charge in [0.2, 0.25) is 5.91 Å². The number of hydrogen-bond acceptors (Lipinski definition) is 4. The van der Waals surface area contributed by atoms with Crippen LogP contribution in [0.1, 0.15) is 56.6 Å². The lowest BCUT2D eigenvalue weighted by atomic mass is 10.1. The molecule has 0 N–H and O–H groups in total. The first kappa shape index (κ1) is 21.1. The maximum atomic E-state index is 12.7. The SMILES string of the molecule is CCc1ccc(/C=C2/SC(=S)N(CCCC(=O)N3CCCCCC3)C2=O)cc1. The molecule has 2 saturated heterocycles. The first-order valence-electron chi connectivity index (χ1n) is 10.2. The maximum absolute atomic E-state index is 12.7. The molecule has 2 amide bonds. The van der Waals surface area contributed by atoms with E-state index in [9.17, 15) is 9.59 Å². The summed E-state index contributed by atoms with van der Waals surface area (Å²) < 4.78 is 0.587. The number of rotatable bonds is 6. The van der Waals surface area contributed by atoms with Crippen molar-refractivity contribution in [2.45, 2.75) is 51.9 Å². The Labute approximate surface area is 177 Å². The number of carbonyl (C=O) groups is 2. The molecule has 150 valence electrons. The molecule has 0 bridgehead atoms. The fourth-order valence-electron chi connectivity index (χ4n) is 3.56. The Kier molecular flexibility index (Phi) is 7.68. The van der Waals surface area contributed by atoms with Gasteiger partial charge >= 0.3 is 0 Å². The van der Waals surface area contributed by atoms with Crippen LogP contribution in [-0.2, 0) is 16.0 Å². The normalized spacial score (nSPS) is 19.4. The molecule has 2 aliphatic rings. The zero-order valence-electron chi connectivity index (χ0n) is 16.5. The van der Waals surface area contributed by atoms with Crippen molar-refractivity contribution in [3.05, 3.63) is 40.3 Å². The average molecular weight is 417 g/mol. The van der Waals surface area contributed by atoms with Gasteiger partial charge in [-0.2, -0.15) is 0 Å². The molecule has 4 nitrogen and oxygen atoms in total. The summed E-state index contributed by atoms with van der Waals surface area (Å²) in [5.74, 6) is 0.163. The minimum Gasteiger partial charge on any atom is -0.343 e. The lowest BCUT2D eigenvalue weighted by Gasteiger charge is -2.21. The second-order valence-electron chi connectivity index (χ2n) is 7.33. The van der Waals surface area contributed by atoms with E-state index >= 15 is 0 Å². The second kappa shape index (κ2) is 10.2. The maximum Gasteiger partial charge on any atom is 0.266 e. The first-order chi connectivity index (χ1) is 13.6. The molecule has 2 aliphatic heterocycles. The topological polar surface area (TPSA) is 40.6 Å². The number of hydrogen-bond donors (Lipinski definition) is 0. The first-order valence-corrected chi connectivity index (χ1v) is 11.4. The summed E-state index contributed by atoms with van der Waals surface area (Å²) >= 11 is 6.75. The molecular weight excluding hydrogens is 388 g/mol. The van der Waals surface area contributed by atoms with Crippen molar-refractivity contribution in [1.82, 2.24) is 9.80 Å². The number of amides is 2. The van der Waals surface area contributed by atoms with Gasteiger partial charge in [-0.3, -0.25) is 14.5 Å². The zero-order valence-corrected chi connectivity index (χ0v) is 18.1. The minimum atomic E-state index is -0.0446. The van der Waals surface area contributed by atoms with E-state index in [0.717, 1.165) is 37.9 Å². The van der Waals surface area contributed by atoms with Gasteiger partial charge in [-0.25, -0.2) is 0 Å². The van der Waals surface area contributed by atoms with E-state index in [1.165, 1.54) is 30.2 Å². The van der Waals surface area contributed by atoms with Crippen LogP contribution in [0.3, 0.4) is 0 Å². The number of carbonyl (C=O) groups excluding carboxylic acids is 2. The van der Waals surface area contributed by atoms with Gasteiger partial charge in [0.1, 0.15) is 4.32 Å². The van der Waals surface area contributed by atoms with E-state index in [4.69, 9.17) is 12.2 Å². The van der Waals surface area contributed by atoms with Crippen LogP contribution in [0.5, 0.6) is 0 Å². The van der Waals surface area contributed by atoms with E-state index in [0.29, 0.717) is 28.6 Å². The zero-order chi connectivity index (χ0) is 19.9. The molecule has 0 saturated carbocycles. The van der Waals surface area contributed by atoms with Crippen molar-refractivity contribution in [3.8, 4) is 0 Å². The fourth-order valence-corrected chi connectivity index (χ4v) is 4.87. The number of likely N-dealkylation sites (tertiary alicyclic amines) is 1. The summed E-state index contributed by atoms with van der Waals surface area (Å²) in [4.78, 5) is 29.4. The number of aryl methyl sites for hydroxylation is 1. The predicted octanol–water partition coefficient (Wildman–Crippen LogP) is 4.63. The molecule has 0 unspecified atom stereocenters. The van der Waals surface area contributed by atoms with Crippen LogP contribution in [0.2, 0.25) is 0 Å². The largest absolute Gasteiger partial charge is 0.343 e. The Morgan fingerprint density at radius 1 is 1.14 bits per heavy atom. The molecule has 1 aromatic carbocycles. The Balaban J connectivity index is 1.53. The van der Waals surface area contributed by atoms with E-state index < -0.39 is 0 Å². The van der Waals surface area contributed by atoms with Gasteiger partial charge in [-0.15, -0.1) is 0 Å². The van der Waals surface area contributed by atoms with Gasteiger partial charge in [-0.05, 0) is 42.9 Å². The molecule has 2 fully saturated rings. The third-order valence-corrected chi connectivity index (χ3v) is 6.67. The fraction of sp³-hybridized carbons (Fsp3) is 0.500. The monoisotopic (exact) mass is 416 g/mol. The van der Waals surface area contributed by atoms with E-state index in [1.807, 2.05) is 23.1 Å². The molecule has 0 atom stereocenters. The van der Waals surface area contributed by atoms with Crippen molar-refractivity contribution < 1.29 is 9.59 Å². The summed E-state index contributed by atoms with van der Waals surface area (Å²) in [6.45, 7) is 4.38. The molecule has 2 heterocycles. The lowest BCUT2D eigenvalue weighted by molar-refractivity contribution is -0.131. The van der Waals surface area contributed by atoms with E-state index in [2.05, 4.69) is 19.1 Å². The molecule has 1 aromatic rings. The Hall–Kier alpha value is -1.66. The molecule has 3 rings (SSSR count). The summed E-state index contributed by atoms with van der Waals surface area (Å²) in [5, 5.41) is 0. The highest BCUT2D eigenvalue weighted by molar-refractivity contribution is 8.26. The van der Waals surface area contributed by atoms with Crippen molar-refractivity contribution in [2.75, 3.05) is 19.6 Å². The van der Waals surface area contributed by atoms with Crippen LogP contribution in [0.25, 0.3) is 6.08 Å². The Bertz CT molecular complexity index is 750. The standard InChI is InChI=1S/C22H28N2O2S2/c1-2-17-9-11-18(12-10-17)16-19-21(26)24(22(27)28-19)15-7-8-20(25)23-13-5-3-4-6-14-23/h9-12,16H,2-8,13-15H2,1H3/b19-16+. The number of thiocarbonyl (C=S) groups is 1. The third-order valence-electron chi connectivity index (χ3n) is 5.29. The van der Waals surface area contributed by atoms with Crippen molar-refractivity contribution in [3.63, 3.8) is 0 Å². The molecular formula is C22H28N2O2S2. The predicted molar refractivity (Wildman–Crippen MR) is 120 cm³/mol. The smallest absolute Gasteiger partial charge is 0.266 e. The van der Waals surface area contributed by atoms with Gasteiger partial charge in [0.05, 0.1) is 4.91 Å². The van der Waals surface area contributed by atoms with Gasteiger partial charge in [0.25, 0.3) is 5.91 Å². The van der Waals surface area contributed by atoms with Crippen molar-refractivity contribution >= 4 is 46.2 Å². The van der Waals surface area contributed by atoms with E-state index in [-0.39, 0.29) is 11.8 Å². The summed E-state index contributed by atoms with van der Waals surface area (Å²) in [6.07, 6.45) is 8.67. The van der Waals surface area contributed by atoms with Crippen LogP contribution in [0, 0.1) is 0 Å². The van der Waals surface area contributed by atoms with Gasteiger partial charge in [0, 0.05) is 26.1 Å². The van der Waals surface area contributed by atoms with Crippen LogP contribution in [0.15, 0.2) is 29.2 Å². The van der Waals surface area contributed by atoms with Crippen LogP contribution < -0.4 is 0 Å². The van der Waals surface area contributed by atoms with E-state index in [1.54, 1.807) is 4.90 Å². The third kappa shape index (κ3) is 5.45. The summed E-state index contributed by atoms with van der Waals surface area (Å²) in [6, 6.07) is 8.23. The van der Waals surface area contributed by atoms with Gasteiger partial charge < -0.3 is 4.90 Å². The van der Waals surface area contributed by atoms with Crippen molar-refractivity contribution in [1.29, 1.82) is 0 Å². The van der Waals surface area contributed by atoms with Crippen LogP contribution in [-0.4, -0.2) is 45.6 Å². The van der Waals surface area contributed by atoms with Crippen molar-refractivity contribution in [2.24, 2.45) is 0 Å². The van der Waals surface area contributed by atoms with Crippen LogP contribution >= 0.6 is 24.0 Å². The Morgan fingerprint density at radius 3 is 2.46 bits per heavy atom. The minimum absolute atomic E-state index is 0.0446. The number of nitrogens with zero attached hydrogens (tertiary/aromatic N) is 2. The second-order valence-corrected chi connectivity index (χ2v) is 9.00. The van der Waals surface area contributed by atoms with Crippen LogP contribution in [0.4, 0.5) is 0 Å². The highest BCUT2D eigenvalue weighted by atomic mass is 32.2. The molecule has 0 radical (unpaired) electrons. The molecule has 0 aliphatic carbocycles. The molecule has 0 spiro atoms. The highest BCUT2D eigenvalue weighted by Gasteiger charge is 2.31.